The van der Waals surface area contributed by atoms with Crippen molar-refractivity contribution in [2.75, 3.05) is 6.61 Å². The van der Waals surface area contributed by atoms with E-state index in [0.29, 0.717) is 6.61 Å². The van der Waals surface area contributed by atoms with E-state index in [-0.39, 0.29) is 11.1 Å². The zero-order chi connectivity index (χ0) is 16.2. The number of unbranched alkanes of at least 4 members (excludes halogenated alkanes) is 6. The topological polar surface area (TPSA) is 63.6 Å². The molecular weight excluding hydrogens is 280 g/mol. The standard InChI is InChI=1S/C18H24O4/c1-2-3-4-5-6-7-8-11-14-22-18(21)16-13-10-9-12-15(16)17(19)20/h2,9-10,12-13H,1,3-8,11,14H2,(H,19,20). The fourth-order valence-electron chi connectivity index (χ4n) is 2.19. The molecule has 0 aromatic heterocycles. The Labute approximate surface area is 131 Å². The lowest BCUT2D eigenvalue weighted by molar-refractivity contribution is 0.0487. The van der Waals surface area contributed by atoms with Crippen molar-refractivity contribution in [3.05, 3.63) is 48.0 Å². The molecule has 0 radical (unpaired) electrons. The summed E-state index contributed by atoms with van der Waals surface area (Å²) in [6.07, 6.45) is 9.53. The fraction of sp³-hybridized carbons (Fsp3) is 0.444. The van der Waals surface area contributed by atoms with Crippen molar-refractivity contribution in [2.24, 2.45) is 0 Å². The highest BCUT2D eigenvalue weighted by molar-refractivity contribution is 6.02. The van der Waals surface area contributed by atoms with E-state index in [0.717, 1.165) is 25.7 Å². The van der Waals surface area contributed by atoms with E-state index in [2.05, 4.69) is 6.58 Å². The van der Waals surface area contributed by atoms with Crippen LogP contribution in [0.5, 0.6) is 0 Å². The number of esters is 1. The molecular formula is C18H24O4. The molecule has 0 heterocycles. The van der Waals surface area contributed by atoms with Crippen LogP contribution < -0.4 is 0 Å². The average molecular weight is 304 g/mol. The molecule has 0 spiro atoms. The molecule has 1 aromatic rings. The predicted octanol–water partition coefficient (Wildman–Crippen LogP) is 4.46. The Morgan fingerprint density at radius 2 is 1.59 bits per heavy atom. The largest absolute Gasteiger partial charge is 0.478 e. The van der Waals surface area contributed by atoms with Crippen molar-refractivity contribution in [1.29, 1.82) is 0 Å². The molecule has 1 aromatic carbocycles. The van der Waals surface area contributed by atoms with Gasteiger partial charge < -0.3 is 9.84 Å². The summed E-state index contributed by atoms with van der Waals surface area (Å²) in [5.41, 5.74) is 0.0918. The zero-order valence-electron chi connectivity index (χ0n) is 12.9. The molecule has 4 nitrogen and oxygen atoms in total. The number of carboxylic acids is 1. The first-order valence-electron chi connectivity index (χ1n) is 7.77. The van der Waals surface area contributed by atoms with Crippen molar-refractivity contribution in [1.82, 2.24) is 0 Å². The summed E-state index contributed by atoms with van der Waals surface area (Å²) < 4.78 is 5.15. The number of ether oxygens (including phenoxy) is 1. The zero-order valence-corrected chi connectivity index (χ0v) is 12.9. The number of benzene rings is 1. The van der Waals surface area contributed by atoms with Gasteiger partial charge in [-0.3, -0.25) is 0 Å². The molecule has 0 bridgehead atoms. The van der Waals surface area contributed by atoms with Gasteiger partial charge in [0, 0.05) is 0 Å². The Kier molecular flexibility index (Phi) is 8.65. The Bertz CT molecular complexity index is 494. The maximum absolute atomic E-state index is 11.9. The summed E-state index contributed by atoms with van der Waals surface area (Å²) in [4.78, 5) is 22.9. The van der Waals surface area contributed by atoms with Gasteiger partial charge in [0.15, 0.2) is 0 Å². The maximum Gasteiger partial charge on any atom is 0.339 e. The molecule has 0 aliphatic heterocycles. The van der Waals surface area contributed by atoms with Crippen LogP contribution in [0.4, 0.5) is 0 Å². The van der Waals surface area contributed by atoms with Gasteiger partial charge in [-0.1, -0.05) is 43.9 Å². The first kappa shape index (κ1) is 18.0. The number of hydrogen-bond donors (Lipinski definition) is 1. The highest BCUT2D eigenvalue weighted by Gasteiger charge is 2.16. The Balaban J connectivity index is 2.21. The van der Waals surface area contributed by atoms with E-state index >= 15 is 0 Å². The number of hydrogen-bond acceptors (Lipinski definition) is 3. The second-order valence-corrected chi connectivity index (χ2v) is 5.19. The number of rotatable bonds is 11. The SMILES string of the molecule is C=CCCCCCCCCOC(=O)c1ccccc1C(=O)O. The average Bonchev–Trinajstić information content (AvgIpc) is 2.53. The molecule has 0 unspecified atom stereocenters. The van der Waals surface area contributed by atoms with Crippen molar-refractivity contribution in [3.8, 4) is 0 Å². The first-order valence-corrected chi connectivity index (χ1v) is 7.77. The summed E-state index contributed by atoms with van der Waals surface area (Å²) in [6, 6.07) is 6.10. The Morgan fingerprint density at radius 1 is 1.00 bits per heavy atom. The molecule has 0 fully saturated rings. The first-order chi connectivity index (χ1) is 10.7. The van der Waals surface area contributed by atoms with Gasteiger partial charge in [-0.2, -0.15) is 0 Å². The van der Waals surface area contributed by atoms with Crippen molar-refractivity contribution < 1.29 is 19.4 Å². The van der Waals surface area contributed by atoms with Crippen LogP contribution in [0.2, 0.25) is 0 Å². The highest BCUT2D eigenvalue weighted by Crippen LogP contribution is 2.11. The minimum Gasteiger partial charge on any atom is -0.478 e. The summed E-state index contributed by atoms with van der Waals surface area (Å²) in [6.45, 7) is 4.03. The summed E-state index contributed by atoms with van der Waals surface area (Å²) >= 11 is 0. The fourth-order valence-corrected chi connectivity index (χ4v) is 2.19. The molecule has 0 saturated heterocycles. The quantitative estimate of drug-likeness (QED) is 0.372. The van der Waals surface area contributed by atoms with Gasteiger partial charge in [0.25, 0.3) is 0 Å². The number of carbonyl (C=O) groups excluding carboxylic acids is 1. The van der Waals surface area contributed by atoms with Crippen LogP contribution in [-0.4, -0.2) is 23.7 Å². The Morgan fingerprint density at radius 3 is 2.23 bits per heavy atom. The monoisotopic (exact) mass is 304 g/mol. The third-order valence-corrected chi connectivity index (χ3v) is 3.41. The Hall–Kier alpha value is -2.10. The van der Waals surface area contributed by atoms with Crippen molar-refractivity contribution >= 4 is 11.9 Å². The number of allylic oxidation sites excluding steroid dienone is 1. The number of carbonyl (C=O) groups is 2. The van der Waals surface area contributed by atoms with Crippen LogP contribution >= 0.6 is 0 Å². The van der Waals surface area contributed by atoms with E-state index in [1.165, 1.54) is 31.4 Å². The highest BCUT2D eigenvalue weighted by atomic mass is 16.5. The van der Waals surface area contributed by atoms with Gasteiger partial charge in [0.1, 0.15) is 0 Å². The molecule has 1 N–H and O–H groups in total. The van der Waals surface area contributed by atoms with Crippen LogP contribution in [0.15, 0.2) is 36.9 Å². The van der Waals surface area contributed by atoms with Crippen LogP contribution in [0, 0.1) is 0 Å². The van der Waals surface area contributed by atoms with E-state index in [1.807, 2.05) is 6.08 Å². The molecule has 1 rings (SSSR count). The molecule has 22 heavy (non-hydrogen) atoms. The van der Waals surface area contributed by atoms with Gasteiger partial charge in [0.05, 0.1) is 17.7 Å². The maximum atomic E-state index is 11.9. The molecule has 0 saturated carbocycles. The minimum absolute atomic E-state index is 0.0188. The van der Waals surface area contributed by atoms with Crippen LogP contribution in [0.3, 0.4) is 0 Å². The third kappa shape index (κ3) is 6.57. The van der Waals surface area contributed by atoms with E-state index < -0.39 is 11.9 Å². The van der Waals surface area contributed by atoms with Crippen LogP contribution in [0.25, 0.3) is 0 Å². The molecule has 4 heteroatoms. The summed E-state index contributed by atoms with van der Waals surface area (Å²) in [5, 5.41) is 9.03. The third-order valence-electron chi connectivity index (χ3n) is 3.41. The smallest absolute Gasteiger partial charge is 0.339 e. The molecule has 0 aliphatic carbocycles. The van der Waals surface area contributed by atoms with Crippen molar-refractivity contribution in [3.63, 3.8) is 0 Å². The number of carboxylic acid groups (broad SMARTS) is 1. The van der Waals surface area contributed by atoms with Crippen molar-refractivity contribution in [2.45, 2.75) is 44.9 Å². The lowest BCUT2D eigenvalue weighted by atomic mass is 10.1. The normalized spacial score (nSPS) is 10.2. The van der Waals surface area contributed by atoms with Crippen LogP contribution in [-0.2, 0) is 4.74 Å². The summed E-state index contributed by atoms with van der Waals surface area (Å²) in [5.74, 6) is -1.68. The van der Waals surface area contributed by atoms with E-state index in [1.54, 1.807) is 12.1 Å². The second kappa shape index (κ2) is 10.6. The predicted molar refractivity (Wildman–Crippen MR) is 86.2 cm³/mol. The lowest BCUT2D eigenvalue weighted by Gasteiger charge is -2.07. The molecule has 0 aliphatic rings. The van der Waals surface area contributed by atoms with Crippen LogP contribution in [0.1, 0.15) is 65.7 Å². The van der Waals surface area contributed by atoms with Gasteiger partial charge >= 0.3 is 11.9 Å². The molecule has 0 atom stereocenters. The molecule has 0 amide bonds. The van der Waals surface area contributed by atoms with E-state index in [4.69, 9.17) is 9.84 Å². The number of aromatic carboxylic acids is 1. The van der Waals surface area contributed by atoms with Gasteiger partial charge in [-0.25, -0.2) is 9.59 Å². The lowest BCUT2D eigenvalue weighted by Crippen LogP contribution is -2.12. The summed E-state index contributed by atoms with van der Waals surface area (Å²) in [7, 11) is 0. The van der Waals surface area contributed by atoms with Gasteiger partial charge in [-0.15, -0.1) is 6.58 Å². The van der Waals surface area contributed by atoms with Gasteiger partial charge in [0.2, 0.25) is 0 Å². The van der Waals surface area contributed by atoms with Gasteiger partial charge in [-0.05, 0) is 31.4 Å². The molecule has 120 valence electrons. The van der Waals surface area contributed by atoms with E-state index in [9.17, 15) is 9.59 Å². The minimum atomic E-state index is -1.12. The second-order valence-electron chi connectivity index (χ2n) is 5.19.